The number of nitrogens with zero attached hydrogens (tertiary/aromatic N) is 4. The van der Waals surface area contributed by atoms with Crippen molar-refractivity contribution in [3.8, 4) is 28.6 Å². The Kier molecular flexibility index (Phi) is 10.5. The summed E-state index contributed by atoms with van der Waals surface area (Å²) in [7, 11) is 1.62. The van der Waals surface area contributed by atoms with Crippen LogP contribution in [0.5, 0.6) is 17.4 Å². The van der Waals surface area contributed by atoms with Gasteiger partial charge in [-0.15, -0.1) is 0 Å². The first-order valence-electron chi connectivity index (χ1n) is 13.7. The van der Waals surface area contributed by atoms with Crippen molar-refractivity contribution in [1.82, 2.24) is 19.9 Å². The van der Waals surface area contributed by atoms with E-state index >= 15 is 0 Å². The van der Waals surface area contributed by atoms with Crippen molar-refractivity contribution >= 4 is 11.6 Å². The van der Waals surface area contributed by atoms with E-state index in [-0.39, 0.29) is 7.43 Å². The molecule has 0 atom stereocenters. The van der Waals surface area contributed by atoms with Crippen LogP contribution in [-0.4, -0.2) is 59.8 Å². The van der Waals surface area contributed by atoms with E-state index in [1.165, 1.54) is 37.9 Å². The van der Waals surface area contributed by atoms with Crippen molar-refractivity contribution < 1.29 is 14.2 Å². The number of allylic oxidation sites excluding steroid dienone is 1. The quantitative estimate of drug-likeness (QED) is 0.376. The first kappa shape index (κ1) is 28.4. The minimum Gasteiger partial charge on any atom is -0.493 e. The van der Waals surface area contributed by atoms with Gasteiger partial charge in [0.1, 0.15) is 18.1 Å². The predicted octanol–water partition coefficient (Wildman–Crippen LogP) is 6.45. The van der Waals surface area contributed by atoms with Crippen LogP contribution in [0.2, 0.25) is 0 Å². The summed E-state index contributed by atoms with van der Waals surface area (Å²) in [6.45, 7) is 4.56. The van der Waals surface area contributed by atoms with Crippen LogP contribution < -0.4 is 19.5 Å². The van der Waals surface area contributed by atoms with Crippen molar-refractivity contribution in [3.05, 3.63) is 60.4 Å². The van der Waals surface area contributed by atoms with Gasteiger partial charge in [-0.2, -0.15) is 0 Å². The van der Waals surface area contributed by atoms with E-state index in [4.69, 9.17) is 19.2 Å². The zero-order chi connectivity index (χ0) is 26.0. The fourth-order valence-electron chi connectivity index (χ4n) is 4.88. The lowest BCUT2D eigenvalue weighted by Crippen LogP contribution is -2.33. The molecule has 0 saturated carbocycles. The Morgan fingerprint density at radius 1 is 1.00 bits per heavy atom. The van der Waals surface area contributed by atoms with Crippen LogP contribution in [0, 0.1) is 0 Å². The van der Waals surface area contributed by atoms with E-state index in [2.05, 4.69) is 44.5 Å². The number of piperidine rings is 1. The Labute approximate surface area is 232 Å². The lowest BCUT2D eigenvalue weighted by atomic mass is 10.1. The van der Waals surface area contributed by atoms with Gasteiger partial charge in [-0.1, -0.05) is 26.0 Å². The topological polar surface area (TPSA) is 81.6 Å². The first-order valence-corrected chi connectivity index (χ1v) is 13.7. The van der Waals surface area contributed by atoms with Gasteiger partial charge in [0.15, 0.2) is 5.75 Å². The molecular formula is C31H41N5O3. The van der Waals surface area contributed by atoms with E-state index < -0.39 is 0 Å². The molecule has 2 aromatic heterocycles. The maximum absolute atomic E-state index is 6.25. The van der Waals surface area contributed by atoms with Crippen molar-refractivity contribution in [2.45, 2.75) is 52.4 Å². The van der Waals surface area contributed by atoms with Gasteiger partial charge in [-0.05, 0) is 75.4 Å². The normalized spacial score (nSPS) is 16.8. The number of hydrogen-bond acceptors (Lipinski definition) is 8. The average molecular weight is 532 g/mol. The molecule has 1 N–H and O–H groups in total. The number of aryl methyl sites for hydroxylation is 1. The second kappa shape index (κ2) is 14.5. The number of anilines is 2. The molecule has 2 aliphatic heterocycles. The second-order valence-electron chi connectivity index (χ2n) is 9.74. The lowest BCUT2D eigenvalue weighted by Gasteiger charge is -2.26. The van der Waals surface area contributed by atoms with E-state index in [0.717, 1.165) is 49.2 Å². The van der Waals surface area contributed by atoms with Gasteiger partial charge >= 0.3 is 0 Å². The number of aromatic nitrogens is 3. The van der Waals surface area contributed by atoms with Crippen LogP contribution in [0.1, 0.15) is 51.5 Å². The standard InChI is InChI=1S/C30H37N5O3.CH4/c1-36-27-22-32-30-33-25-18-23(19-26(21-25)37-17-15-35-13-7-5-8-14-35)10-6-3-2-4-9-16-38-28-20-24(11-12-31-28)29(27)34-30;/h2,4,11-12,18-22H,3,5-10,13-17H2,1H3,(H,32,33,34);1H4/b4-2+;. The molecule has 0 amide bonds. The SMILES string of the molecule is C.COc1cnc2nc1-c1ccnc(c1)OCC/C=C/CCCc1cc(cc(OCCN3CCCCC3)c1)N2. The van der Waals surface area contributed by atoms with Crippen LogP contribution >= 0.6 is 0 Å². The smallest absolute Gasteiger partial charge is 0.227 e. The third-order valence-corrected chi connectivity index (χ3v) is 6.87. The number of fused-ring (bicyclic) bond motifs is 7. The van der Waals surface area contributed by atoms with Gasteiger partial charge in [-0.3, -0.25) is 4.90 Å². The predicted molar refractivity (Wildman–Crippen MR) is 156 cm³/mol. The number of pyridine rings is 1. The van der Waals surface area contributed by atoms with Crippen molar-refractivity contribution in [1.29, 1.82) is 0 Å². The summed E-state index contributed by atoms with van der Waals surface area (Å²) in [5.41, 5.74) is 3.66. The molecule has 0 radical (unpaired) electrons. The van der Waals surface area contributed by atoms with E-state index in [1.54, 1.807) is 19.5 Å². The highest BCUT2D eigenvalue weighted by Gasteiger charge is 2.14. The summed E-state index contributed by atoms with van der Waals surface area (Å²) in [6.07, 6.45) is 15.6. The molecule has 1 fully saturated rings. The van der Waals surface area contributed by atoms with Crippen molar-refractivity contribution in [2.75, 3.05) is 45.3 Å². The van der Waals surface area contributed by atoms with Crippen molar-refractivity contribution in [2.24, 2.45) is 0 Å². The van der Waals surface area contributed by atoms with Crippen LogP contribution in [0.25, 0.3) is 11.3 Å². The molecule has 3 aromatic rings. The van der Waals surface area contributed by atoms with E-state index in [1.807, 2.05) is 18.2 Å². The maximum Gasteiger partial charge on any atom is 0.227 e. The maximum atomic E-state index is 6.25. The molecule has 2 aliphatic rings. The minimum atomic E-state index is 0. The lowest BCUT2D eigenvalue weighted by molar-refractivity contribution is 0.183. The highest BCUT2D eigenvalue weighted by atomic mass is 16.5. The van der Waals surface area contributed by atoms with Gasteiger partial charge in [0.25, 0.3) is 0 Å². The largest absolute Gasteiger partial charge is 0.493 e. The molecule has 8 nitrogen and oxygen atoms in total. The number of rotatable bonds is 5. The highest BCUT2D eigenvalue weighted by molar-refractivity contribution is 5.69. The first-order chi connectivity index (χ1) is 18.8. The number of methoxy groups -OCH3 is 1. The number of benzene rings is 1. The summed E-state index contributed by atoms with van der Waals surface area (Å²) in [6, 6.07) is 10.1. The van der Waals surface area contributed by atoms with Gasteiger partial charge in [0, 0.05) is 36.1 Å². The molecule has 6 bridgehead atoms. The molecule has 0 unspecified atom stereocenters. The second-order valence-corrected chi connectivity index (χ2v) is 9.74. The van der Waals surface area contributed by atoms with Crippen LogP contribution in [0.3, 0.4) is 0 Å². The summed E-state index contributed by atoms with van der Waals surface area (Å²) in [5, 5.41) is 3.40. The molecule has 8 heteroatoms. The third-order valence-electron chi connectivity index (χ3n) is 6.87. The van der Waals surface area contributed by atoms with Crippen LogP contribution in [0.4, 0.5) is 11.6 Å². The minimum absolute atomic E-state index is 0. The third kappa shape index (κ3) is 8.17. The Morgan fingerprint density at radius 3 is 2.74 bits per heavy atom. The highest BCUT2D eigenvalue weighted by Crippen LogP contribution is 2.31. The average Bonchev–Trinajstić information content (AvgIpc) is 2.95. The molecule has 39 heavy (non-hydrogen) atoms. The van der Waals surface area contributed by atoms with Gasteiger partial charge in [0.2, 0.25) is 11.8 Å². The summed E-state index contributed by atoms with van der Waals surface area (Å²) in [5.74, 6) is 2.50. The molecular weight excluding hydrogens is 490 g/mol. The molecule has 4 heterocycles. The van der Waals surface area contributed by atoms with Gasteiger partial charge in [0.05, 0.1) is 19.9 Å². The molecule has 208 valence electrons. The van der Waals surface area contributed by atoms with Gasteiger partial charge < -0.3 is 19.5 Å². The number of nitrogens with one attached hydrogen (secondary N) is 1. The fourth-order valence-corrected chi connectivity index (χ4v) is 4.88. The Hall–Kier alpha value is -3.65. The summed E-state index contributed by atoms with van der Waals surface area (Å²) >= 11 is 0. The Bertz CT molecular complexity index is 1230. The van der Waals surface area contributed by atoms with Gasteiger partial charge in [-0.25, -0.2) is 15.0 Å². The zero-order valence-corrected chi connectivity index (χ0v) is 22.2. The van der Waals surface area contributed by atoms with Crippen LogP contribution in [-0.2, 0) is 6.42 Å². The van der Waals surface area contributed by atoms with Crippen LogP contribution in [0.15, 0.2) is 54.9 Å². The molecule has 1 aromatic carbocycles. The fraction of sp³-hybridized carbons (Fsp3) is 0.452. The molecule has 0 spiro atoms. The monoisotopic (exact) mass is 531 g/mol. The number of hydrogen-bond donors (Lipinski definition) is 1. The Morgan fingerprint density at radius 2 is 1.87 bits per heavy atom. The summed E-state index contributed by atoms with van der Waals surface area (Å²) in [4.78, 5) is 16.2. The summed E-state index contributed by atoms with van der Waals surface area (Å²) < 4.78 is 17.7. The Balaban J connectivity index is 0.00000353. The molecule has 0 aliphatic carbocycles. The molecule has 1 saturated heterocycles. The zero-order valence-electron chi connectivity index (χ0n) is 22.2. The number of ether oxygens (including phenoxy) is 3. The molecule has 5 rings (SSSR count). The number of likely N-dealkylation sites (tertiary alicyclic amines) is 1. The van der Waals surface area contributed by atoms with E-state index in [0.29, 0.717) is 36.5 Å². The van der Waals surface area contributed by atoms with E-state index in [9.17, 15) is 0 Å². The van der Waals surface area contributed by atoms with Crippen molar-refractivity contribution in [3.63, 3.8) is 0 Å².